The first-order chi connectivity index (χ1) is 24.7. The highest BCUT2D eigenvalue weighted by Crippen LogP contribution is 2.39. The Bertz CT molecular complexity index is 970. The third-order valence-corrected chi connectivity index (χ3v) is 8.83. The minimum atomic E-state index is 0.439. The van der Waals surface area contributed by atoms with Crippen molar-refractivity contribution in [3.05, 3.63) is 24.3 Å². The van der Waals surface area contributed by atoms with E-state index in [4.69, 9.17) is 0 Å². The summed E-state index contributed by atoms with van der Waals surface area (Å²) in [5.74, 6) is 0. The zero-order chi connectivity index (χ0) is 48.1. The summed E-state index contributed by atoms with van der Waals surface area (Å²) in [4.78, 5) is 0. The summed E-state index contributed by atoms with van der Waals surface area (Å²) < 4.78 is 0. The van der Waals surface area contributed by atoms with Gasteiger partial charge in [0, 0.05) is 0 Å². The van der Waals surface area contributed by atoms with Gasteiger partial charge in [-0.05, 0) is 130 Å². The average molecular weight is 820 g/mol. The van der Waals surface area contributed by atoms with E-state index in [9.17, 15) is 0 Å². The van der Waals surface area contributed by atoms with Crippen LogP contribution in [0.4, 0.5) is 0 Å². The minimum absolute atomic E-state index is 0.439. The maximum absolute atomic E-state index is 2.41. The molecule has 0 amide bonds. The highest BCUT2D eigenvalue weighted by atomic mass is 14.3. The van der Waals surface area contributed by atoms with E-state index >= 15 is 0 Å². The Labute approximate surface area is 374 Å². The first-order valence-corrected chi connectivity index (χ1v) is 24.0. The standard InChI is InChI=1S/C14H30.C13H26.C12H24.C10H22.C9H20/c1-12(2,3)9-10-14(7,8)11-13(4,5)6;1-12(2,3)10-8-7-9-11-13(4,5)6;1-11(2,3)9-7-8-10-12(4,5)6;1-9(2,3)7-8-10(4,5)6;1-8(2,3)7-9(4,5)6/h9-11H2,1-8H3;7-8H,9-11H2,1-6H3;7-8H,9-10H2,1-6H3;7-8H2,1-6H3;7H2,1-6H3/b;2*8-7-;;. The zero-order valence-electron chi connectivity index (χ0n) is 47.6. The molecule has 0 bridgehead atoms. The lowest BCUT2D eigenvalue weighted by Gasteiger charge is -2.34. The maximum Gasteiger partial charge on any atom is -0.0302 e. The Morgan fingerprint density at radius 2 is 0.431 bits per heavy atom. The molecule has 0 aromatic rings. The van der Waals surface area contributed by atoms with Gasteiger partial charge in [0.15, 0.2) is 0 Å². The van der Waals surface area contributed by atoms with Crippen LogP contribution in [0.25, 0.3) is 0 Å². The van der Waals surface area contributed by atoms with Crippen molar-refractivity contribution in [3.63, 3.8) is 0 Å². The van der Waals surface area contributed by atoms with E-state index in [1.807, 2.05) is 0 Å². The molecule has 0 radical (unpaired) electrons. The molecule has 0 atom stereocenters. The highest BCUT2D eigenvalue weighted by molar-refractivity contribution is 4.89. The SMILES string of the molecule is CC(C)(C)C/C=C\CC(C)(C)C.CC(C)(C)C/C=C\CCC(C)(C)C.CC(C)(C)CC(C)(C)C.CC(C)(C)CCC(C)(C)C.CC(C)(C)CCC(C)(C)CC(C)(C)C. The van der Waals surface area contributed by atoms with Crippen molar-refractivity contribution < 1.29 is 0 Å². The fraction of sp³-hybridized carbons (Fsp3) is 0.931. The molecule has 0 N–H and O–H groups in total. The second-order valence-electron chi connectivity index (χ2n) is 31.2. The van der Waals surface area contributed by atoms with Gasteiger partial charge in [-0.3, -0.25) is 0 Å². The molecule has 0 heterocycles. The van der Waals surface area contributed by atoms with Crippen LogP contribution in [0.3, 0.4) is 0 Å². The smallest absolute Gasteiger partial charge is 0.0302 e. The fourth-order valence-electron chi connectivity index (χ4n) is 6.52. The molecule has 58 heavy (non-hydrogen) atoms. The van der Waals surface area contributed by atoms with Crippen LogP contribution in [0.2, 0.25) is 0 Å². The van der Waals surface area contributed by atoms with Crippen LogP contribution in [-0.2, 0) is 0 Å². The van der Waals surface area contributed by atoms with E-state index in [2.05, 4.69) is 246 Å². The van der Waals surface area contributed by atoms with E-state index in [1.54, 1.807) is 0 Å². The second-order valence-corrected chi connectivity index (χ2v) is 31.2. The largest absolute Gasteiger partial charge is 0.0885 e. The number of allylic oxidation sites excluding steroid dienone is 4. The Balaban J connectivity index is -0.000000204. The van der Waals surface area contributed by atoms with Gasteiger partial charge in [-0.15, -0.1) is 0 Å². The van der Waals surface area contributed by atoms with Gasteiger partial charge in [0.05, 0.1) is 0 Å². The van der Waals surface area contributed by atoms with Crippen LogP contribution < -0.4 is 0 Å². The van der Waals surface area contributed by atoms with Crippen LogP contribution in [0, 0.1) is 59.6 Å². The van der Waals surface area contributed by atoms with Crippen molar-refractivity contribution in [2.75, 3.05) is 0 Å². The van der Waals surface area contributed by atoms with Crippen molar-refractivity contribution in [1.82, 2.24) is 0 Å². The summed E-state index contributed by atoms with van der Waals surface area (Å²) in [6, 6.07) is 0. The monoisotopic (exact) mass is 819 g/mol. The summed E-state index contributed by atoms with van der Waals surface area (Å²) in [6.45, 7) is 73.8. The molecule has 0 aromatic carbocycles. The van der Waals surface area contributed by atoms with Crippen LogP contribution in [-0.4, -0.2) is 0 Å². The third-order valence-electron chi connectivity index (χ3n) is 8.83. The number of rotatable bonds is 9. The molecule has 0 aliphatic carbocycles. The molecule has 0 aromatic heterocycles. The lowest BCUT2D eigenvalue weighted by molar-refractivity contribution is 0.173. The first kappa shape index (κ1) is 66.6. The minimum Gasteiger partial charge on any atom is -0.0885 e. The van der Waals surface area contributed by atoms with Gasteiger partial charge in [-0.1, -0.05) is 246 Å². The van der Waals surface area contributed by atoms with Crippen LogP contribution in [0.1, 0.15) is 292 Å². The lowest BCUT2D eigenvalue weighted by Crippen LogP contribution is -2.22. The fourth-order valence-corrected chi connectivity index (χ4v) is 6.52. The first-order valence-electron chi connectivity index (χ1n) is 24.0. The van der Waals surface area contributed by atoms with Gasteiger partial charge in [0.1, 0.15) is 0 Å². The molecule has 354 valence electrons. The Hall–Kier alpha value is -0.520. The molecule has 0 nitrogen and oxygen atoms in total. The van der Waals surface area contributed by atoms with Crippen molar-refractivity contribution in [3.8, 4) is 0 Å². The number of hydrogen-bond acceptors (Lipinski definition) is 0. The predicted octanol–water partition coefficient (Wildman–Crippen LogP) is 21.8. The average Bonchev–Trinajstić information content (AvgIpc) is 2.83. The van der Waals surface area contributed by atoms with Gasteiger partial charge >= 0.3 is 0 Å². The van der Waals surface area contributed by atoms with E-state index in [-0.39, 0.29) is 0 Å². The Morgan fingerprint density at radius 3 is 0.621 bits per heavy atom. The van der Waals surface area contributed by atoms with E-state index in [0.717, 1.165) is 0 Å². The van der Waals surface area contributed by atoms with Gasteiger partial charge in [0.25, 0.3) is 0 Å². The molecule has 0 unspecified atom stereocenters. The normalized spacial score (nSPS) is 14.1. The van der Waals surface area contributed by atoms with Crippen LogP contribution >= 0.6 is 0 Å². The van der Waals surface area contributed by atoms with Gasteiger partial charge in [0.2, 0.25) is 0 Å². The van der Waals surface area contributed by atoms with E-state index < -0.39 is 0 Å². The summed E-state index contributed by atoms with van der Waals surface area (Å²) in [6.07, 6.45) is 23.3. The van der Waals surface area contributed by atoms with E-state index in [1.165, 1.54) is 70.6 Å². The molecule has 0 aliphatic heterocycles. The molecule has 0 saturated carbocycles. The van der Waals surface area contributed by atoms with Gasteiger partial charge < -0.3 is 0 Å². The predicted molar refractivity (Wildman–Crippen MR) is 277 cm³/mol. The van der Waals surface area contributed by atoms with Crippen molar-refractivity contribution in [2.24, 2.45) is 59.6 Å². The molecule has 0 fully saturated rings. The topological polar surface area (TPSA) is 0 Å². The van der Waals surface area contributed by atoms with Gasteiger partial charge in [-0.2, -0.15) is 0 Å². The Morgan fingerprint density at radius 1 is 0.207 bits per heavy atom. The molecule has 0 heteroatoms. The summed E-state index contributed by atoms with van der Waals surface area (Å²) in [7, 11) is 0. The van der Waals surface area contributed by atoms with Crippen molar-refractivity contribution in [2.45, 2.75) is 292 Å². The van der Waals surface area contributed by atoms with Crippen LogP contribution in [0.15, 0.2) is 24.3 Å². The zero-order valence-corrected chi connectivity index (χ0v) is 47.6. The molecule has 0 spiro atoms. The highest BCUT2D eigenvalue weighted by Gasteiger charge is 2.27. The van der Waals surface area contributed by atoms with E-state index in [0.29, 0.717) is 59.6 Å². The Kier molecular flexibility index (Phi) is 30.8. The molecule has 0 aliphatic rings. The van der Waals surface area contributed by atoms with Gasteiger partial charge in [-0.25, -0.2) is 0 Å². The molecular weight excluding hydrogens is 697 g/mol. The summed E-state index contributed by atoms with van der Waals surface area (Å²) >= 11 is 0. The third kappa shape index (κ3) is 83.2. The quantitative estimate of drug-likeness (QED) is 0.203. The molecular formula is C58H122. The van der Waals surface area contributed by atoms with Crippen molar-refractivity contribution >= 4 is 0 Å². The summed E-state index contributed by atoms with van der Waals surface area (Å²) in [5, 5.41) is 0. The van der Waals surface area contributed by atoms with Crippen LogP contribution in [0.5, 0.6) is 0 Å². The maximum atomic E-state index is 2.41. The lowest BCUT2D eigenvalue weighted by atomic mass is 9.71. The second kappa shape index (κ2) is 26.8. The number of hydrogen-bond donors (Lipinski definition) is 0. The molecule has 0 rings (SSSR count). The summed E-state index contributed by atoms with van der Waals surface area (Å²) in [5.41, 5.74) is 5.21. The molecule has 0 saturated heterocycles. The van der Waals surface area contributed by atoms with Crippen molar-refractivity contribution in [1.29, 1.82) is 0 Å².